The molecule has 2 saturated heterocycles. The van der Waals surface area contributed by atoms with Crippen molar-refractivity contribution < 1.29 is 79.2 Å². The fourth-order valence-electron chi connectivity index (χ4n) is 7.67. The van der Waals surface area contributed by atoms with Crippen LogP contribution < -0.4 is 16.0 Å². The van der Waals surface area contributed by atoms with Crippen molar-refractivity contribution in [2.75, 3.05) is 13.2 Å². The summed E-state index contributed by atoms with van der Waals surface area (Å²) in [5.41, 5.74) is -1.49. The zero-order valence-corrected chi connectivity index (χ0v) is 40.4. The minimum atomic E-state index is -5.19. The van der Waals surface area contributed by atoms with Crippen molar-refractivity contribution in [2.24, 2.45) is 0 Å². The van der Waals surface area contributed by atoms with E-state index in [0.717, 1.165) is 10.6 Å². The van der Waals surface area contributed by atoms with Gasteiger partial charge in [0.15, 0.2) is 18.4 Å². The van der Waals surface area contributed by atoms with E-state index in [1.54, 1.807) is 80.9 Å². The maximum absolute atomic E-state index is 14.0. The number of nitrogens with one attached hydrogen (secondary N) is 2. The first-order valence-electron chi connectivity index (χ1n) is 22.8. The van der Waals surface area contributed by atoms with Crippen molar-refractivity contribution in [3.8, 4) is 0 Å². The van der Waals surface area contributed by atoms with E-state index in [9.17, 15) is 42.0 Å². The van der Waals surface area contributed by atoms with Gasteiger partial charge in [0, 0.05) is 12.3 Å². The monoisotopic (exact) mass is 1030 g/mol. The Balaban J connectivity index is 1.20. The first-order chi connectivity index (χ1) is 35.0. The van der Waals surface area contributed by atoms with Crippen molar-refractivity contribution in [3.63, 3.8) is 0 Å². The van der Waals surface area contributed by atoms with Gasteiger partial charge in [-0.15, -0.1) is 0 Å². The highest BCUT2D eigenvalue weighted by Crippen LogP contribution is 2.35. The summed E-state index contributed by atoms with van der Waals surface area (Å²) in [6.45, 7) is 5.17. The van der Waals surface area contributed by atoms with Gasteiger partial charge in [0.1, 0.15) is 31.0 Å². The molecule has 0 spiro atoms. The molecule has 2 fully saturated rings. The zero-order valence-electron chi connectivity index (χ0n) is 39.6. The molecule has 2 N–H and O–H groups in total. The van der Waals surface area contributed by atoms with Crippen LogP contribution in [0.1, 0.15) is 75.4 Å². The molecule has 0 saturated carbocycles. The third kappa shape index (κ3) is 14.1. The summed E-state index contributed by atoms with van der Waals surface area (Å²) >= 11 is 0. The lowest BCUT2D eigenvalue weighted by atomic mass is 9.97. The Morgan fingerprint density at radius 2 is 1.01 bits per heavy atom. The molecule has 2 aliphatic rings. The van der Waals surface area contributed by atoms with Gasteiger partial charge < -0.3 is 42.6 Å². The molecule has 7 rings (SSSR count). The van der Waals surface area contributed by atoms with Crippen LogP contribution in [0.5, 0.6) is 0 Å². The number of hydrogen-bond donors (Lipinski definition) is 2. The van der Waals surface area contributed by atoms with E-state index in [1.807, 2.05) is 0 Å². The number of H-pyrrole nitrogens is 1. The highest BCUT2D eigenvalue weighted by Gasteiger charge is 2.55. The second-order valence-electron chi connectivity index (χ2n) is 16.8. The predicted octanol–water partition coefficient (Wildman–Crippen LogP) is 4.27. The summed E-state index contributed by atoms with van der Waals surface area (Å²) in [5.74, 6) is -4.00. The molecule has 0 bridgehead atoms. The molecule has 73 heavy (non-hydrogen) atoms. The van der Waals surface area contributed by atoms with Crippen LogP contribution in [-0.4, -0.2) is 122 Å². The molecule has 386 valence electrons. The molecule has 1 amide bonds. The SMILES string of the molecule is CC(C)O[C@@H]1[C@H](OC(C)C)[C@@H](COS(=O)(=O)NC(=O)O[C@H]2O[C@H](COC(=O)c3ccccc3)[C@H](OC(=O)c3ccccc3)[C@H](OC(=O)c3ccccc3)[C@H]2OC(=O)c2ccccc2)O[C@H]1n1ccc(=O)[nH]c1=O. The third-order valence-electron chi connectivity index (χ3n) is 10.8. The Labute approximate surface area is 417 Å². The van der Waals surface area contributed by atoms with Crippen molar-refractivity contribution >= 4 is 40.3 Å². The predicted molar refractivity (Wildman–Crippen MR) is 252 cm³/mol. The molecule has 5 aromatic rings. The fourth-order valence-corrected chi connectivity index (χ4v) is 8.30. The second-order valence-corrected chi connectivity index (χ2v) is 18.2. The molecule has 22 nitrogen and oxygen atoms in total. The number of nitrogens with zero attached hydrogens (tertiary/aromatic N) is 1. The quantitative estimate of drug-likeness (QED) is 0.0863. The van der Waals surface area contributed by atoms with Gasteiger partial charge in [-0.25, -0.2) is 28.8 Å². The lowest BCUT2D eigenvalue weighted by Crippen LogP contribution is -2.63. The van der Waals surface area contributed by atoms with Gasteiger partial charge in [-0.3, -0.25) is 18.5 Å². The van der Waals surface area contributed by atoms with Crippen molar-refractivity contribution in [1.29, 1.82) is 0 Å². The summed E-state index contributed by atoms with van der Waals surface area (Å²) in [6, 6.07) is 31.3. The molecule has 0 unspecified atom stereocenters. The Morgan fingerprint density at radius 1 is 0.562 bits per heavy atom. The zero-order chi connectivity index (χ0) is 52.2. The molecule has 2 aliphatic heterocycles. The van der Waals surface area contributed by atoms with Gasteiger partial charge in [0.05, 0.1) is 41.1 Å². The number of benzene rings is 4. The van der Waals surface area contributed by atoms with Crippen LogP contribution in [0.4, 0.5) is 4.79 Å². The van der Waals surface area contributed by atoms with E-state index in [2.05, 4.69) is 4.98 Å². The van der Waals surface area contributed by atoms with Crippen LogP contribution in [0, 0.1) is 0 Å². The summed E-state index contributed by atoms with van der Waals surface area (Å²) in [7, 11) is -5.19. The van der Waals surface area contributed by atoms with Gasteiger partial charge in [-0.2, -0.15) is 13.1 Å². The summed E-state index contributed by atoms with van der Waals surface area (Å²) < 4.78 is 88.4. The number of carbonyl (C=O) groups is 5. The van der Waals surface area contributed by atoms with Crippen molar-refractivity contribution in [1.82, 2.24) is 14.3 Å². The molecule has 3 heterocycles. The number of ether oxygens (including phenoxy) is 9. The van der Waals surface area contributed by atoms with Crippen molar-refractivity contribution in [2.45, 2.75) is 95.1 Å². The molecular formula is C50H51N3O19S. The molecule has 1 aromatic heterocycles. The van der Waals surface area contributed by atoms with Gasteiger partial charge >= 0.3 is 46.0 Å². The molecule has 0 radical (unpaired) electrons. The molecule has 0 aliphatic carbocycles. The van der Waals surface area contributed by atoms with Gasteiger partial charge in [-0.05, 0) is 76.2 Å². The Bertz CT molecular complexity index is 2920. The number of aromatic amines is 1. The molecule has 9 atom stereocenters. The average Bonchev–Trinajstić information content (AvgIpc) is 3.69. The largest absolute Gasteiger partial charge is 0.459 e. The number of carbonyl (C=O) groups excluding carboxylic acids is 5. The van der Waals surface area contributed by atoms with Gasteiger partial charge in [0.2, 0.25) is 12.4 Å². The minimum Gasteiger partial charge on any atom is -0.459 e. The number of hydrogen-bond acceptors (Lipinski definition) is 19. The Kier molecular flexibility index (Phi) is 17.7. The average molecular weight is 1030 g/mol. The lowest BCUT2D eigenvalue weighted by Gasteiger charge is -2.43. The second kappa shape index (κ2) is 24.3. The van der Waals surface area contributed by atoms with Crippen LogP contribution in [0.15, 0.2) is 143 Å². The van der Waals surface area contributed by atoms with E-state index in [-0.39, 0.29) is 22.3 Å². The topological polar surface area (TPSA) is 279 Å². The van der Waals surface area contributed by atoms with Crippen LogP contribution >= 0.6 is 0 Å². The van der Waals surface area contributed by atoms with E-state index in [1.165, 1.54) is 79.0 Å². The normalized spacial score (nSPS) is 22.7. The van der Waals surface area contributed by atoms with Crippen molar-refractivity contribution in [3.05, 3.63) is 177 Å². The van der Waals surface area contributed by atoms with E-state index in [0.29, 0.717) is 0 Å². The highest BCUT2D eigenvalue weighted by atomic mass is 32.2. The smallest absolute Gasteiger partial charge is 0.425 e. The van der Waals surface area contributed by atoms with Crippen LogP contribution in [0.3, 0.4) is 0 Å². The van der Waals surface area contributed by atoms with E-state index < -0.39 is 132 Å². The lowest BCUT2D eigenvalue weighted by molar-refractivity contribution is -0.282. The number of rotatable bonds is 19. The maximum Gasteiger partial charge on any atom is 0.425 e. The van der Waals surface area contributed by atoms with E-state index in [4.69, 9.17) is 46.8 Å². The first kappa shape index (κ1) is 53.3. The Morgan fingerprint density at radius 3 is 1.51 bits per heavy atom. The Hall–Kier alpha value is -7.54. The van der Waals surface area contributed by atoms with Crippen LogP contribution in [0.2, 0.25) is 0 Å². The number of esters is 4. The minimum absolute atomic E-state index is 0.0188. The first-order valence-corrected chi connectivity index (χ1v) is 24.2. The molecule has 23 heteroatoms. The molecule has 4 aromatic carbocycles. The summed E-state index contributed by atoms with van der Waals surface area (Å²) in [4.78, 5) is 95.7. The van der Waals surface area contributed by atoms with Gasteiger partial charge in [-0.1, -0.05) is 72.8 Å². The van der Waals surface area contributed by atoms with Crippen LogP contribution in [0.25, 0.3) is 0 Å². The van der Waals surface area contributed by atoms with E-state index >= 15 is 0 Å². The molecular weight excluding hydrogens is 979 g/mol. The maximum atomic E-state index is 14.0. The highest BCUT2D eigenvalue weighted by molar-refractivity contribution is 7.85. The number of aromatic nitrogens is 2. The number of amides is 1. The summed E-state index contributed by atoms with van der Waals surface area (Å²) in [6.07, 6.45) is -16.0. The summed E-state index contributed by atoms with van der Waals surface area (Å²) in [5, 5.41) is 0. The fraction of sp³-hybridized carbons (Fsp3) is 0.340. The standard InChI is InChI=1S/C50H51N3O19S/c1-29(2)65-39-36(67-43(41(39)66-30(3)4)53-26-25-37(54)51-49(53)59)28-64-73(61,62)52-50(60)72-48-42(71-47(58)34-23-15-8-16-24-34)40(70-46(57)33-21-13-7-14-22-33)38(69-45(56)32-19-11-6-12-20-32)35(68-48)27-63-44(55)31-17-9-5-10-18-31/h5-26,29-30,35-36,38-43,48H,27-28H2,1-4H3,(H,52,60)(H,51,54,59)/t35-,36-,38+,39-,40+,41-,42-,43-,48-/m1/s1. The van der Waals surface area contributed by atoms with Crippen LogP contribution in [-0.2, 0) is 57.1 Å². The third-order valence-corrected chi connectivity index (χ3v) is 11.7. The van der Waals surface area contributed by atoms with Gasteiger partial charge in [0.25, 0.3) is 5.56 Å².